The first-order valence-corrected chi connectivity index (χ1v) is 5.16. The zero-order chi connectivity index (χ0) is 10.7. The molecular formula is C11H13N3O. The van der Waals surface area contributed by atoms with E-state index in [1.807, 2.05) is 6.07 Å². The monoisotopic (exact) mass is 203 g/mol. The van der Waals surface area contributed by atoms with Crippen molar-refractivity contribution in [3.05, 3.63) is 17.8 Å². The maximum absolute atomic E-state index is 9.33. The molecule has 0 aromatic carbocycles. The fourth-order valence-corrected chi connectivity index (χ4v) is 1.82. The predicted molar refractivity (Wildman–Crippen MR) is 56.7 cm³/mol. The summed E-state index contributed by atoms with van der Waals surface area (Å²) in [5.41, 5.74) is 0.109. The van der Waals surface area contributed by atoms with Crippen molar-refractivity contribution in [2.45, 2.75) is 19.3 Å². The summed E-state index contributed by atoms with van der Waals surface area (Å²) in [6.45, 7) is 1.98. The first-order chi connectivity index (χ1) is 7.31. The number of nitriles is 1. The minimum Gasteiger partial charge on any atom is -0.505 e. The van der Waals surface area contributed by atoms with Crippen molar-refractivity contribution in [2.24, 2.45) is 0 Å². The smallest absolute Gasteiger partial charge is 0.184 e. The van der Waals surface area contributed by atoms with E-state index in [2.05, 4.69) is 9.88 Å². The molecule has 2 rings (SSSR count). The summed E-state index contributed by atoms with van der Waals surface area (Å²) in [7, 11) is 0. The molecule has 1 aromatic rings. The number of anilines is 1. The molecule has 0 bridgehead atoms. The molecule has 4 nitrogen and oxygen atoms in total. The minimum absolute atomic E-state index is 0.0433. The highest BCUT2D eigenvalue weighted by Crippen LogP contribution is 2.21. The summed E-state index contributed by atoms with van der Waals surface area (Å²) < 4.78 is 0. The van der Waals surface area contributed by atoms with Crippen molar-refractivity contribution >= 4 is 5.82 Å². The molecule has 0 saturated carbocycles. The average molecular weight is 203 g/mol. The molecule has 78 valence electrons. The lowest BCUT2D eigenvalue weighted by molar-refractivity contribution is 0.470. The maximum Gasteiger partial charge on any atom is 0.184 e. The molecule has 0 spiro atoms. The highest BCUT2D eigenvalue weighted by Gasteiger charge is 2.13. The first kappa shape index (κ1) is 9.78. The number of hydrogen-bond donors (Lipinski definition) is 1. The molecule has 2 heterocycles. The summed E-state index contributed by atoms with van der Waals surface area (Å²) in [6, 6.07) is 5.19. The topological polar surface area (TPSA) is 60.2 Å². The number of rotatable bonds is 1. The zero-order valence-corrected chi connectivity index (χ0v) is 8.48. The Balaban J connectivity index is 2.25. The Hall–Kier alpha value is -1.76. The van der Waals surface area contributed by atoms with E-state index in [1.54, 1.807) is 6.07 Å². The van der Waals surface area contributed by atoms with Gasteiger partial charge in [-0.3, -0.25) is 0 Å². The second-order valence-corrected chi connectivity index (χ2v) is 3.70. The van der Waals surface area contributed by atoms with Crippen LogP contribution < -0.4 is 4.90 Å². The van der Waals surface area contributed by atoms with Gasteiger partial charge in [0.1, 0.15) is 11.9 Å². The van der Waals surface area contributed by atoms with E-state index >= 15 is 0 Å². The number of pyridine rings is 1. The third kappa shape index (κ3) is 2.01. The van der Waals surface area contributed by atoms with Crippen molar-refractivity contribution in [1.82, 2.24) is 4.98 Å². The Kier molecular flexibility index (Phi) is 2.72. The van der Waals surface area contributed by atoms with Gasteiger partial charge < -0.3 is 10.0 Å². The van der Waals surface area contributed by atoms with Gasteiger partial charge in [0, 0.05) is 13.1 Å². The highest BCUT2D eigenvalue weighted by atomic mass is 16.3. The van der Waals surface area contributed by atoms with Crippen LogP contribution in [0.4, 0.5) is 5.82 Å². The Bertz CT molecular complexity index is 391. The van der Waals surface area contributed by atoms with Gasteiger partial charge in [0.2, 0.25) is 0 Å². The fraction of sp³-hybridized carbons (Fsp3) is 0.455. The normalized spacial score (nSPS) is 16.1. The lowest BCUT2D eigenvalue weighted by Crippen LogP contribution is -2.30. The van der Waals surface area contributed by atoms with Crippen molar-refractivity contribution in [3.8, 4) is 11.8 Å². The van der Waals surface area contributed by atoms with E-state index in [-0.39, 0.29) is 11.4 Å². The summed E-state index contributed by atoms with van der Waals surface area (Å²) in [5, 5.41) is 18.1. The lowest BCUT2D eigenvalue weighted by Gasteiger charge is -2.27. The van der Waals surface area contributed by atoms with Crippen molar-refractivity contribution in [3.63, 3.8) is 0 Å². The van der Waals surface area contributed by atoms with Gasteiger partial charge >= 0.3 is 0 Å². The summed E-state index contributed by atoms with van der Waals surface area (Å²) in [4.78, 5) is 6.29. The van der Waals surface area contributed by atoms with E-state index in [9.17, 15) is 5.11 Å². The second-order valence-electron chi connectivity index (χ2n) is 3.70. The van der Waals surface area contributed by atoms with Gasteiger partial charge in [-0.15, -0.1) is 0 Å². The Morgan fingerprint density at radius 3 is 2.67 bits per heavy atom. The number of aromatic hydroxyl groups is 1. The van der Waals surface area contributed by atoms with Crippen LogP contribution in [0.15, 0.2) is 12.1 Å². The van der Waals surface area contributed by atoms with Crippen molar-refractivity contribution < 1.29 is 5.11 Å². The SMILES string of the molecule is N#Cc1nc(N2CCCCC2)ccc1O. The van der Waals surface area contributed by atoms with Crippen LogP contribution >= 0.6 is 0 Å². The van der Waals surface area contributed by atoms with Crippen molar-refractivity contribution in [1.29, 1.82) is 5.26 Å². The molecular weight excluding hydrogens is 190 g/mol. The second kappa shape index (κ2) is 4.18. The average Bonchev–Trinajstić information content (AvgIpc) is 2.31. The maximum atomic E-state index is 9.33. The fourth-order valence-electron chi connectivity index (χ4n) is 1.82. The van der Waals surface area contributed by atoms with E-state index in [0.29, 0.717) is 0 Å². The number of hydrogen-bond acceptors (Lipinski definition) is 4. The first-order valence-electron chi connectivity index (χ1n) is 5.16. The largest absolute Gasteiger partial charge is 0.505 e. The van der Waals surface area contributed by atoms with Crippen LogP contribution in [-0.2, 0) is 0 Å². The molecule has 0 aliphatic carbocycles. The quantitative estimate of drug-likeness (QED) is 0.753. The Labute approximate surface area is 88.8 Å². The van der Waals surface area contributed by atoms with Crippen LogP contribution in [0.2, 0.25) is 0 Å². The van der Waals surface area contributed by atoms with E-state index in [0.717, 1.165) is 18.9 Å². The van der Waals surface area contributed by atoms with Gasteiger partial charge in [-0.2, -0.15) is 5.26 Å². The molecule has 1 aromatic heterocycles. The van der Waals surface area contributed by atoms with Crippen LogP contribution in [0.25, 0.3) is 0 Å². The number of piperidine rings is 1. The van der Waals surface area contributed by atoms with Crippen LogP contribution in [0.3, 0.4) is 0 Å². The molecule has 0 unspecified atom stereocenters. The molecule has 1 saturated heterocycles. The van der Waals surface area contributed by atoms with Gasteiger partial charge in [-0.25, -0.2) is 4.98 Å². The number of aromatic nitrogens is 1. The highest BCUT2D eigenvalue weighted by molar-refractivity contribution is 5.47. The van der Waals surface area contributed by atoms with E-state index in [1.165, 1.54) is 25.3 Å². The Morgan fingerprint density at radius 2 is 2.00 bits per heavy atom. The van der Waals surface area contributed by atoms with Crippen molar-refractivity contribution in [2.75, 3.05) is 18.0 Å². The molecule has 1 fully saturated rings. The summed E-state index contributed by atoms with van der Waals surface area (Å²) in [6.07, 6.45) is 3.61. The van der Waals surface area contributed by atoms with Crippen LogP contribution in [0.1, 0.15) is 25.0 Å². The molecule has 0 atom stereocenters. The van der Waals surface area contributed by atoms with Gasteiger partial charge in [0.05, 0.1) is 0 Å². The van der Waals surface area contributed by atoms with Crippen LogP contribution in [-0.4, -0.2) is 23.2 Å². The van der Waals surface area contributed by atoms with Gasteiger partial charge in [0.15, 0.2) is 11.4 Å². The van der Waals surface area contributed by atoms with Gasteiger partial charge in [0.25, 0.3) is 0 Å². The predicted octanol–water partition coefficient (Wildman–Crippen LogP) is 1.65. The molecule has 0 radical (unpaired) electrons. The van der Waals surface area contributed by atoms with Gasteiger partial charge in [-0.05, 0) is 31.4 Å². The summed E-state index contributed by atoms with van der Waals surface area (Å²) in [5.74, 6) is 0.752. The Morgan fingerprint density at radius 1 is 1.27 bits per heavy atom. The molecule has 1 aliphatic rings. The molecule has 1 N–H and O–H groups in total. The number of nitrogens with zero attached hydrogens (tertiary/aromatic N) is 3. The molecule has 4 heteroatoms. The standard InChI is InChI=1S/C11H13N3O/c12-8-9-10(15)4-5-11(13-9)14-6-2-1-3-7-14/h4-5,15H,1-3,6-7H2. The van der Waals surface area contributed by atoms with E-state index < -0.39 is 0 Å². The van der Waals surface area contributed by atoms with Crippen LogP contribution in [0, 0.1) is 11.3 Å². The summed E-state index contributed by atoms with van der Waals surface area (Å²) >= 11 is 0. The van der Waals surface area contributed by atoms with E-state index in [4.69, 9.17) is 5.26 Å². The third-order valence-corrected chi connectivity index (χ3v) is 2.65. The molecule has 15 heavy (non-hydrogen) atoms. The third-order valence-electron chi connectivity index (χ3n) is 2.65. The zero-order valence-electron chi connectivity index (χ0n) is 8.48. The molecule has 0 amide bonds. The minimum atomic E-state index is -0.0433. The lowest BCUT2D eigenvalue weighted by atomic mass is 10.1. The van der Waals surface area contributed by atoms with Crippen LogP contribution in [0.5, 0.6) is 5.75 Å². The van der Waals surface area contributed by atoms with Gasteiger partial charge in [-0.1, -0.05) is 0 Å². The molecule has 1 aliphatic heterocycles.